The topological polar surface area (TPSA) is 62.0 Å². The minimum absolute atomic E-state index is 0.453. The molecule has 0 spiro atoms. The van der Waals surface area contributed by atoms with E-state index in [4.69, 9.17) is 14.1 Å². The fraction of sp³-hybridized carbons (Fsp3) is 0.722. The molecule has 1 fully saturated rings. The van der Waals surface area contributed by atoms with E-state index in [1.165, 1.54) is 0 Å². The van der Waals surface area contributed by atoms with Crippen molar-refractivity contribution in [2.24, 2.45) is 10.9 Å². The Balaban J connectivity index is 1.86. The Morgan fingerprint density at radius 2 is 2.08 bits per heavy atom. The van der Waals surface area contributed by atoms with Gasteiger partial charge >= 0.3 is 0 Å². The molecule has 2 N–H and O–H groups in total. The molecule has 6 heteroatoms. The highest BCUT2D eigenvalue weighted by Crippen LogP contribution is 2.13. The first-order valence-electron chi connectivity index (χ1n) is 9.07. The first-order chi connectivity index (χ1) is 11.7. The van der Waals surface area contributed by atoms with Crippen molar-refractivity contribution in [1.82, 2.24) is 15.5 Å². The highest BCUT2D eigenvalue weighted by molar-refractivity contribution is 5.79. The van der Waals surface area contributed by atoms with Crippen molar-refractivity contribution < 1.29 is 9.15 Å². The third-order valence-electron chi connectivity index (χ3n) is 4.31. The molecule has 0 saturated carbocycles. The number of furan rings is 1. The van der Waals surface area contributed by atoms with Gasteiger partial charge in [-0.05, 0) is 25.0 Å². The Kier molecular flexibility index (Phi) is 8.12. The number of rotatable bonds is 8. The molecule has 136 valence electrons. The maximum atomic E-state index is 5.47. The summed E-state index contributed by atoms with van der Waals surface area (Å²) in [4.78, 5) is 7.31. The largest absolute Gasteiger partial charge is 0.469 e. The summed E-state index contributed by atoms with van der Waals surface area (Å²) in [6.45, 7) is 12.8. The maximum Gasteiger partial charge on any atom is 0.191 e. The van der Waals surface area contributed by atoms with Gasteiger partial charge in [-0.1, -0.05) is 13.8 Å². The highest BCUT2D eigenvalue weighted by Gasteiger charge is 2.23. The minimum Gasteiger partial charge on any atom is -0.469 e. The van der Waals surface area contributed by atoms with Crippen molar-refractivity contribution in [3.63, 3.8) is 0 Å². The van der Waals surface area contributed by atoms with Crippen molar-refractivity contribution in [1.29, 1.82) is 0 Å². The molecule has 1 aromatic rings. The lowest BCUT2D eigenvalue weighted by Crippen LogP contribution is -2.48. The number of hydrogen-bond donors (Lipinski definition) is 2. The van der Waals surface area contributed by atoms with E-state index in [2.05, 4.69) is 36.3 Å². The van der Waals surface area contributed by atoms with Crippen molar-refractivity contribution in [3.05, 3.63) is 24.2 Å². The molecule has 1 saturated heterocycles. The molecular weight excluding hydrogens is 304 g/mol. The maximum absolute atomic E-state index is 5.47. The Labute approximate surface area is 145 Å². The van der Waals surface area contributed by atoms with Crippen LogP contribution >= 0.6 is 0 Å². The van der Waals surface area contributed by atoms with Crippen LogP contribution in [0.2, 0.25) is 0 Å². The number of morpholine rings is 1. The van der Waals surface area contributed by atoms with Crippen LogP contribution in [0.1, 0.15) is 26.5 Å². The Hall–Kier alpha value is -1.53. The second kappa shape index (κ2) is 10.4. The van der Waals surface area contributed by atoms with Crippen LogP contribution in [0, 0.1) is 5.92 Å². The van der Waals surface area contributed by atoms with Crippen LogP contribution in [0.3, 0.4) is 0 Å². The summed E-state index contributed by atoms with van der Waals surface area (Å²) < 4.78 is 10.8. The summed E-state index contributed by atoms with van der Waals surface area (Å²) in [6, 6.07) is 4.37. The molecule has 0 radical (unpaired) electrons. The number of nitrogens with zero attached hydrogens (tertiary/aromatic N) is 2. The first kappa shape index (κ1) is 18.8. The van der Waals surface area contributed by atoms with Gasteiger partial charge in [0.05, 0.1) is 26.0 Å². The lowest BCUT2D eigenvalue weighted by Gasteiger charge is -2.36. The molecule has 2 heterocycles. The van der Waals surface area contributed by atoms with Gasteiger partial charge in [0.1, 0.15) is 5.76 Å². The number of hydrogen-bond acceptors (Lipinski definition) is 4. The predicted molar refractivity (Wildman–Crippen MR) is 97.4 cm³/mol. The zero-order valence-corrected chi connectivity index (χ0v) is 15.3. The summed E-state index contributed by atoms with van der Waals surface area (Å²) in [6.07, 6.45) is 2.57. The van der Waals surface area contributed by atoms with Crippen LogP contribution in [-0.2, 0) is 11.2 Å². The summed E-state index contributed by atoms with van der Waals surface area (Å²) in [5.74, 6) is 2.44. The quantitative estimate of drug-likeness (QED) is 0.559. The zero-order valence-electron chi connectivity index (χ0n) is 15.3. The number of guanidine groups is 1. The molecule has 0 amide bonds. The van der Waals surface area contributed by atoms with Crippen molar-refractivity contribution >= 4 is 5.96 Å². The van der Waals surface area contributed by atoms with Crippen LogP contribution in [0.15, 0.2) is 27.8 Å². The van der Waals surface area contributed by atoms with Crippen molar-refractivity contribution in [2.75, 3.05) is 45.9 Å². The van der Waals surface area contributed by atoms with E-state index in [1.54, 1.807) is 6.26 Å². The summed E-state index contributed by atoms with van der Waals surface area (Å²) in [7, 11) is 0. The van der Waals surface area contributed by atoms with Gasteiger partial charge in [0, 0.05) is 38.6 Å². The fourth-order valence-electron chi connectivity index (χ4n) is 2.94. The molecule has 6 nitrogen and oxygen atoms in total. The van der Waals surface area contributed by atoms with Gasteiger partial charge in [0.25, 0.3) is 0 Å². The molecule has 1 aliphatic heterocycles. The van der Waals surface area contributed by atoms with Crippen LogP contribution in [-0.4, -0.2) is 62.8 Å². The molecule has 0 bridgehead atoms. The third kappa shape index (κ3) is 6.17. The Morgan fingerprint density at radius 3 is 2.71 bits per heavy atom. The normalized spacial score (nSPS) is 17.9. The molecule has 1 atom stereocenters. The third-order valence-corrected chi connectivity index (χ3v) is 4.31. The average Bonchev–Trinajstić information content (AvgIpc) is 3.09. The molecule has 0 aliphatic carbocycles. The van der Waals surface area contributed by atoms with E-state index in [0.717, 1.165) is 64.1 Å². The van der Waals surface area contributed by atoms with E-state index >= 15 is 0 Å². The van der Waals surface area contributed by atoms with Crippen LogP contribution in [0.25, 0.3) is 0 Å². The molecule has 24 heavy (non-hydrogen) atoms. The zero-order chi connectivity index (χ0) is 17.2. The van der Waals surface area contributed by atoms with Gasteiger partial charge in [-0.15, -0.1) is 0 Å². The monoisotopic (exact) mass is 336 g/mol. The molecule has 2 rings (SSSR count). The second-order valence-corrected chi connectivity index (χ2v) is 6.44. The van der Waals surface area contributed by atoms with Crippen molar-refractivity contribution in [3.8, 4) is 0 Å². The summed E-state index contributed by atoms with van der Waals surface area (Å²) in [5, 5.41) is 6.72. The van der Waals surface area contributed by atoms with Gasteiger partial charge in [0.15, 0.2) is 5.96 Å². The standard InChI is InChI=1S/C18H32N4O2/c1-4-19-18(20-8-7-16-6-5-11-24-16)21-14-17(15(2)3)22-9-12-23-13-10-22/h5-6,11,15,17H,4,7-10,12-14H2,1-3H3,(H2,19,20,21). The van der Waals surface area contributed by atoms with E-state index in [0.29, 0.717) is 12.0 Å². The SMILES string of the molecule is CCNC(=NCC(C(C)C)N1CCOCC1)NCCc1ccco1. The molecule has 0 aromatic carbocycles. The van der Waals surface area contributed by atoms with E-state index < -0.39 is 0 Å². The van der Waals surface area contributed by atoms with Gasteiger partial charge in [-0.3, -0.25) is 9.89 Å². The molecule has 1 unspecified atom stereocenters. The average molecular weight is 336 g/mol. The number of aliphatic imine (C=N–C) groups is 1. The highest BCUT2D eigenvalue weighted by atomic mass is 16.5. The van der Waals surface area contributed by atoms with Crippen LogP contribution in [0.4, 0.5) is 0 Å². The second-order valence-electron chi connectivity index (χ2n) is 6.44. The van der Waals surface area contributed by atoms with Crippen molar-refractivity contribution in [2.45, 2.75) is 33.2 Å². The van der Waals surface area contributed by atoms with E-state index in [-0.39, 0.29) is 0 Å². The summed E-state index contributed by atoms with van der Waals surface area (Å²) >= 11 is 0. The van der Waals surface area contributed by atoms with Crippen LogP contribution in [0.5, 0.6) is 0 Å². The summed E-state index contributed by atoms with van der Waals surface area (Å²) in [5.41, 5.74) is 0. The fourth-order valence-corrected chi connectivity index (χ4v) is 2.94. The van der Waals surface area contributed by atoms with Gasteiger partial charge in [-0.25, -0.2) is 0 Å². The number of ether oxygens (including phenoxy) is 1. The smallest absolute Gasteiger partial charge is 0.191 e. The number of nitrogens with one attached hydrogen (secondary N) is 2. The Morgan fingerprint density at radius 1 is 1.29 bits per heavy atom. The molecular formula is C18H32N4O2. The van der Waals surface area contributed by atoms with E-state index in [9.17, 15) is 0 Å². The molecule has 1 aliphatic rings. The molecule has 1 aromatic heterocycles. The lowest BCUT2D eigenvalue weighted by atomic mass is 10.0. The lowest BCUT2D eigenvalue weighted by molar-refractivity contribution is 0.00867. The van der Waals surface area contributed by atoms with Crippen LogP contribution < -0.4 is 10.6 Å². The Bertz CT molecular complexity index is 467. The van der Waals surface area contributed by atoms with Gasteiger partial charge in [0.2, 0.25) is 0 Å². The van der Waals surface area contributed by atoms with Gasteiger partial charge < -0.3 is 19.8 Å². The van der Waals surface area contributed by atoms with E-state index in [1.807, 2.05) is 12.1 Å². The predicted octanol–water partition coefficient (Wildman–Crippen LogP) is 1.73. The van der Waals surface area contributed by atoms with Gasteiger partial charge in [-0.2, -0.15) is 0 Å². The first-order valence-corrected chi connectivity index (χ1v) is 9.07. The minimum atomic E-state index is 0.453.